The third kappa shape index (κ3) is 4.08. The molecule has 1 aliphatic carbocycles. The number of aryl methyl sites for hydroxylation is 1. The topological polar surface area (TPSA) is 31.2 Å². The van der Waals surface area contributed by atoms with Crippen LogP contribution in [0.1, 0.15) is 48.9 Å². The molecule has 0 bridgehead atoms. The molecule has 0 amide bonds. The van der Waals surface area contributed by atoms with Gasteiger partial charge in [0.25, 0.3) is 0 Å². The first-order valence-electron chi connectivity index (χ1n) is 9.88. The molecule has 29 heavy (non-hydrogen) atoms. The van der Waals surface area contributed by atoms with Crippen LogP contribution in [-0.2, 0) is 22.5 Å². The van der Waals surface area contributed by atoms with Crippen LogP contribution >= 0.6 is 27.5 Å². The van der Waals surface area contributed by atoms with E-state index in [1.807, 2.05) is 31.2 Å². The molecule has 0 radical (unpaired) electrons. The van der Waals surface area contributed by atoms with Gasteiger partial charge >= 0.3 is 5.97 Å². The standard InChI is InChI=1S/C23H22BrClFNO2/c1-2-29-21(28)10-15-4-3-5-18-19-11-17(26)12-20(24)23(19)27(22(15)18)13-14-6-8-16(25)9-7-14/h6-9,11-12,15H,2-5,10,13H2,1H3. The van der Waals surface area contributed by atoms with Gasteiger partial charge in [0.1, 0.15) is 5.82 Å². The Morgan fingerprint density at radius 1 is 1.31 bits per heavy atom. The summed E-state index contributed by atoms with van der Waals surface area (Å²) in [6, 6.07) is 10.9. The molecular weight excluding hydrogens is 457 g/mol. The Labute approximate surface area is 182 Å². The lowest BCUT2D eigenvalue weighted by Crippen LogP contribution is -2.19. The Hall–Kier alpha value is -1.85. The van der Waals surface area contributed by atoms with Gasteiger partial charge in [-0.3, -0.25) is 4.79 Å². The molecule has 3 nitrogen and oxygen atoms in total. The highest BCUT2D eigenvalue weighted by Crippen LogP contribution is 2.43. The van der Waals surface area contributed by atoms with Crippen LogP contribution < -0.4 is 0 Å². The molecule has 3 aromatic rings. The van der Waals surface area contributed by atoms with Gasteiger partial charge in [-0.2, -0.15) is 0 Å². The van der Waals surface area contributed by atoms with E-state index in [4.69, 9.17) is 16.3 Å². The highest BCUT2D eigenvalue weighted by molar-refractivity contribution is 9.10. The molecule has 2 aromatic carbocycles. The fourth-order valence-electron chi connectivity index (χ4n) is 4.44. The number of hydrogen-bond donors (Lipinski definition) is 0. The second-order valence-electron chi connectivity index (χ2n) is 7.46. The summed E-state index contributed by atoms with van der Waals surface area (Å²) in [4.78, 5) is 12.2. The van der Waals surface area contributed by atoms with Crippen LogP contribution in [0.3, 0.4) is 0 Å². The number of fused-ring (bicyclic) bond motifs is 3. The number of carbonyl (C=O) groups excluding carboxylic acids is 1. The van der Waals surface area contributed by atoms with Crippen LogP contribution in [0.2, 0.25) is 5.02 Å². The van der Waals surface area contributed by atoms with E-state index in [0.717, 1.165) is 51.5 Å². The van der Waals surface area contributed by atoms with Crippen LogP contribution in [0.15, 0.2) is 40.9 Å². The first-order chi connectivity index (χ1) is 14.0. The molecular formula is C23H22BrClFNO2. The number of nitrogens with zero attached hydrogens (tertiary/aromatic N) is 1. The maximum atomic E-state index is 14.2. The summed E-state index contributed by atoms with van der Waals surface area (Å²) in [5.41, 5.74) is 4.35. The van der Waals surface area contributed by atoms with E-state index >= 15 is 0 Å². The normalized spacial score (nSPS) is 16.1. The van der Waals surface area contributed by atoms with Crippen LogP contribution in [0.25, 0.3) is 10.9 Å². The second kappa shape index (κ2) is 8.49. The Morgan fingerprint density at radius 2 is 2.07 bits per heavy atom. The Balaban J connectivity index is 1.87. The van der Waals surface area contributed by atoms with Gasteiger partial charge in [-0.15, -0.1) is 0 Å². The van der Waals surface area contributed by atoms with Crippen LogP contribution in [0, 0.1) is 5.82 Å². The van der Waals surface area contributed by atoms with Crippen molar-refractivity contribution >= 4 is 44.4 Å². The fourth-order valence-corrected chi connectivity index (χ4v) is 5.21. The maximum Gasteiger partial charge on any atom is 0.306 e. The largest absolute Gasteiger partial charge is 0.466 e. The molecule has 0 spiro atoms. The molecule has 0 N–H and O–H groups in total. The maximum absolute atomic E-state index is 14.2. The summed E-state index contributed by atoms with van der Waals surface area (Å²) in [5, 5.41) is 1.62. The highest BCUT2D eigenvalue weighted by Gasteiger charge is 2.30. The first kappa shape index (κ1) is 20.4. The molecule has 4 rings (SSSR count). The number of hydrogen-bond acceptors (Lipinski definition) is 2. The molecule has 1 heterocycles. The van der Waals surface area contributed by atoms with Crippen molar-refractivity contribution in [2.75, 3.05) is 6.61 Å². The van der Waals surface area contributed by atoms with E-state index in [1.165, 1.54) is 6.07 Å². The Bertz CT molecular complexity index is 1060. The van der Waals surface area contributed by atoms with Gasteiger partial charge in [-0.05, 0) is 77.5 Å². The van der Waals surface area contributed by atoms with Gasteiger partial charge in [-0.25, -0.2) is 4.39 Å². The molecule has 0 aliphatic heterocycles. The Morgan fingerprint density at radius 3 is 2.79 bits per heavy atom. The SMILES string of the molecule is CCOC(=O)CC1CCCc2c1n(Cc1ccc(Cl)cc1)c1c(Br)cc(F)cc21. The number of halogens is 3. The minimum Gasteiger partial charge on any atom is -0.466 e. The molecule has 0 fully saturated rings. The van der Waals surface area contributed by atoms with Crippen molar-refractivity contribution < 1.29 is 13.9 Å². The molecule has 6 heteroatoms. The summed E-state index contributed by atoms with van der Waals surface area (Å²) in [6.45, 7) is 2.83. The number of aromatic nitrogens is 1. The first-order valence-corrected chi connectivity index (χ1v) is 11.0. The van der Waals surface area contributed by atoms with Crippen LogP contribution in [0.5, 0.6) is 0 Å². The van der Waals surface area contributed by atoms with Gasteiger partial charge in [0.2, 0.25) is 0 Å². The van der Waals surface area contributed by atoms with Crippen molar-refractivity contribution in [3.8, 4) is 0 Å². The van der Waals surface area contributed by atoms with E-state index in [-0.39, 0.29) is 17.7 Å². The van der Waals surface area contributed by atoms with E-state index in [1.54, 1.807) is 6.07 Å². The van der Waals surface area contributed by atoms with Gasteiger partial charge in [0, 0.05) is 33.0 Å². The zero-order valence-electron chi connectivity index (χ0n) is 16.2. The predicted molar refractivity (Wildman–Crippen MR) is 117 cm³/mol. The van der Waals surface area contributed by atoms with Crippen molar-refractivity contribution in [2.45, 2.75) is 45.1 Å². The summed E-state index contributed by atoms with van der Waals surface area (Å²) in [6.07, 6.45) is 3.13. The molecule has 1 aliphatic rings. The highest BCUT2D eigenvalue weighted by atomic mass is 79.9. The minimum absolute atomic E-state index is 0.0625. The van der Waals surface area contributed by atoms with E-state index in [2.05, 4.69) is 20.5 Å². The predicted octanol–water partition coefficient (Wildman–Crippen LogP) is 6.62. The van der Waals surface area contributed by atoms with E-state index in [9.17, 15) is 9.18 Å². The average Bonchev–Trinajstić information content (AvgIpc) is 2.99. The lowest BCUT2D eigenvalue weighted by molar-refractivity contribution is -0.143. The third-order valence-electron chi connectivity index (χ3n) is 5.56. The van der Waals surface area contributed by atoms with Crippen molar-refractivity contribution in [3.05, 3.63) is 68.5 Å². The average molecular weight is 479 g/mol. The number of benzene rings is 2. The monoisotopic (exact) mass is 477 g/mol. The number of rotatable bonds is 5. The summed E-state index contributed by atoms with van der Waals surface area (Å²) < 4.78 is 22.4. The second-order valence-corrected chi connectivity index (χ2v) is 8.75. The van der Waals surface area contributed by atoms with Crippen molar-refractivity contribution in [1.29, 1.82) is 0 Å². The number of ether oxygens (including phenoxy) is 1. The van der Waals surface area contributed by atoms with Gasteiger partial charge in [0.05, 0.1) is 18.5 Å². The molecule has 1 atom stereocenters. The number of carbonyl (C=O) groups is 1. The smallest absolute Gasteiger partial charge is 0.306 e. The zero-order chi connectivity index (χ0) is 20.5. The van der Waals surface area contributed by atoms with Gasteiger partial charge in [-0.1, -0.05) is 23.7 Å². The van der Waals surface area contributed by atoms with Crippen LogP contribution in [-0.4, -0.2) is 17.1 Å². The summed E-state index contributed by atoms with van der Waals surface area (Å²) in [7, 11) is 0. The summed E-state index contributed by atoms with van der Waals surface area (Å²) >= 11 is 9.62. The van der Waals surface area contributed by atoms with E-state index < -0.39 is 0 Å². The fraction of sp³-hybridized carbons (Fsp3) is 0.348. The molecule has 0 saturated carbocycles. The molecule has 152 valence electrons. The lowest BCUT2D eigenvalue weighted by Gasteiger charge is -2.25. The minimum atomic E-state index is -0.261. The Kier molecular flexibility index (Phi) is 5.98. The van der Waals surface area contributed by atoms with Crippen molar-refractivity contribution in [2.24, 2.45) is 0 Å². The van der Waals surface area contributed by atoms with Crippen molar-refractivity contribution in [1.82, 2.24) is 4.57 Å². The summed E-state index contributed by atoms with van der Waals surface area (Å²) in [5.74, 6) is -0.380. The molecule has 1 unspecified atom stereocenters. The van der Waals surface area contributed by atoms with Gasteiger partial charge < -0.3 is 9.30 Å². The quantitative estimate of drug-likeness (QED) is 0.386. The molecule has 1 aromatic heterocycles. The number of esters is 1. The van der Waals surface area contributed by atoms with Crippen LogP contribution in [0.4, 0.5) is 4.39 Å². The zero-order valence-corrected chi connectivity index (χ0v) is 18.5. The van der Waals surface area contributed by atoms with Gasteiger partial charge in [0.15, 0.2) is 0 Å². The van der Waals surface area contributed by atoms with E-state index in [0.29, 0.717) is 24.6 Å². The van der Waals surface area contributed by atoms with Crippen molar-refractivity contribution in [3.63, 3.8) is 0 Å². The lowest BCUT2D eigenvalue weighted by atomic mass is 9.84. The third-order valence-corrected chi connectivity index (χ3v) is 6.42. The molecule has 0 saturated heterocycles.